The highest BCUT2D eigenvalue weighted by atomic mass is 32.2. The first kappa shape index (κ1) is 12.3. The van der Waals surface area contributed by atoms with Gasteiger partial charge < -0.3 is 5.73 Å². The lowest BCUT2D eigenvalue weighted by Gasteiger charge is -2.20. The number of hydrogen-bond donors (Lipinski definition) is 1. The zero-order valence-electron chi connectivity index (χ0n) is 10.00. The topological polar surface area (TPSA) is 76.3 Å². The van der Waals surface area contributed by atoms with Gasteiger partial charge in [-0.3, -0.25) is 0 Å². The van der Waals surface area contributed by atoms with Crippen molar-refractivity contribution < 1.29 is 8.42 Å². The van der Waals surface area contributed by atoms with Gasteiger partial charge in [-0.1, -0.05) is 6.92 Å². The van der Waals surface area contributed by atoms with Crippen molar-refractivity contribution in [2.75, 3.05) is 12.3 Å². The number of nitrogen functional groups attached to an aromatic ring is 1. The first-order valence-corrected chi connectivity index (χ1v) is 7.08. The van der Waals surface area contributed by atoms with Crippen LogP contribution < -0.4 is 5.73 Å². The molecule has 1 fully saturated rings. The largest absolute Gasteiger partial charge is 0.384 e. The van der Waals surface area contributed by atoms with Gasteiger partial charge in [0.15, 0.2) is 0 Å². The van der Waals surface area contributed by atoms with Crippen molar-refractivity contribution in [3.63, 3.8) is 0 Å². The molecule has 0 spiro atoms. The number of nitrogens with two attached hydrogens (primary N) is 1. The standard InChI is InChI=1S/C11H17N3O2S/c1-8-5-9(2)14(7-8)17(15,16)10-3-4-11(12)13-6-10/h3-4,6,8-9H,5,7H2,1-2H3,(H2,12,13). The molecule has 1 aliphatic rings. The van der Waals surface area contributed by atoms with E-state index in [1.807, 2.05) is 6.92 Å². The summed E-state index contributed by atoms with van der Waals surface area (Å²) in [5.74, 6) is 0.730. The number of anilines is 1. The Morgan fingerprint density at radius 3 is 2.59 bits per heavy atom. The van der Waals surface area contributed by atoms with Crippen molar-refractivity contribution in [3.05, 3.63) is 18.3 Å². The third-order valence-electron chi connectivity index (χ3n) is 3.09. The van der Waals surface area contributed by atoms with E-state index in [9.17, 15) is 8.42 Å². The van der Waals surface area contributed by atoms with Crippen molar-refractivity contribution in [3.8, 4) is 0 Å². The zero-order valence-corrected chi connectivity index (χ0v) is 10.8. The smallest absolute Gasteiger partial charge is 0.244 e. The third-order valence-corrected chi connectivity index (χ3v) is 5.06. The third kappa shape index (κ3) is 2.28. The van der Waals surface area contributed by atoms with Gasteiger partial charge in [-0.2, -0.15) is 4.31 Å². The van der Waals surface area contributed by atoms with E-state index in [1.54, 1.807) is 4.31 Å². The Morgan fingerprint density at radius 1 is 1.41 bits per heavy atom. The Kier molecular flexibility index (Phi) is 3.09. The van der Waals surface area contributed by atoms with Crippen LogP contribution in [-0.4, -0.2) is 30.3 Å². The van der Waals surface area contributed by atoms with Crippen molar-refractivity contribution in [2.45, 2.75) is 31.2 Å². The fourth-order valence-corrected chi connectivity index (χ4v) is 3.98. The molecule has 0 amide bonds. The zero-order chi connectivity index (χ0) is 12.6. The molecule has 1 aromatic heterocycles. The molecule has 0 radical (unpaired) electrons. The van der Waals surface area contributed by atoms with Gasteiger partial charge in [-0.05, 0) is 31.4 Å². The second-order valence-corrected chi connectivity index (χ2v) is 6.57. The molecule has 0 aromatic carbocycles. The molecule has 0 aliphatic carbocycles. The quantitative estimate of drug-likeness (QED) is 0.858. The van der Waals surface area contributed by atoms with E-state index >= 15 is 0 Å². The van der Waals surface area contributed by atoms with Crippen LogP contribution in [0, 0.1) is 5.92 Å². The number of rotatable bonds is 2. The van der Waals surface area contributed by atoms with Crippen LogP contribution in [0.4, 0.5) is 5.82 Å². The number of aromatic nitrogens is 1. The monoisotopic (exact) mass is 255 g/mol. The van der Waals surface area contributed by atoms with Gasteiger partial charge in [-0.15, -0.1) is 0 Å². The lowest BCUT2D eigenvalue weighted by molar-refractivity contribution is 0.405. The molecule has 2 heterocycles. The maximum absolute atomic E-state index is 12.3. The Bertz CT molecular complexity index is 498. The van der Waals surface area contributed by atoms with Crippen LogP contribution in [0.5, 0.6) is 0 Å². The molecule has 0 bridgehead atoms. The number of hydrogen-bond acceptors (Lipinski definition) is 4. The maximum Gasteiger partial charge on any atom is 0.244 e. The van der Waals surface area contributed by atoms with Crippen LogP contribution in [-0.2, 0) is 10.0 Å². The molecule has 17 heavy (non-hydrogen) atoms. The highest BCUT2D eigenvalue weighted by Gasteiger charge is 2.36. The first-order chi connectivity index (χ1) is 7.91. The molecule has 6 heteroatoms. The lowest BCUT2D eigenvalue weighted by atomic mass is 10.1. The van der Waals surface area contributed by atoms with Gasteiger partial charge >= 0.3 is 0 Å². The Hall–Kier alpha value is -1.14. The van der Waals surface area contributed by atoms with Crippen LogP contribution in [0.15, 0.2) is 23.2 Å². The minimum atomic E-state index is -3.42. The van der Waals surface area contributed by atoms with Gasteiger partial charge in [0.1, 0.15) is 10.7 Å². The summed E-state index contributed by atoms with van der Waals surface area (Å²) in [6.07, 6.45) is 2.22. The summed E-state index contributed by atoms with van der Waals surface area (Å²) in [6.45, 7) is 4.58. The summed E-state index contributed by atoms with van der Waals surface area (Å²) in [4.78, 5) is 4.05. The molecule has 2 atom stereocenters. The highest BCUT2D eigenvalue weighted by molar-refractivity contribution is 7.89. The van der Waals surface area contributed by atoms with Crippen LogP contribution in [0.3, 0.4) is 0 Å². The van der Waals surface area contributed by atoms with Crippen LogP contribution >= 0.6 is 0 Å². The fraction of sp³-hybridized carbons (Fsp3) is 0.545. The van der Waals surface area contributed by atoms with Crippen LogP contribution in [0.25, 0.3) is 0 Å². The molecule has 94 valence electrons. The summed E-state index contributed by atoms with van der Waals surface area (Å²) in [6, 6.07) is 3.07. The van der Waals surface area contributed by atoms with E-state index in [1.165, 1.54) is 18.3 Å². The molecule has 2 unspecified atom stereocenters. The Morgan fingerprint density at radius 2 is 2.12 bits per heavy atom. The minimum Gasteiger partial charge on any atom is -0.384 e. The van der Waals surface area contributed by atoms with Crippen molar-refractivity contribution in [1.82, 2.24) is 9.29 Å². The van der Waals surface area contributed by atoms with E-state index in [4.69, 9.17) is 5.73 Å². The van der Waals surface area contributed by atoms with Crippen LogP contribution in [0.1, 0.15) is 20.3 Å². The SMILES string of the molecule is CC1CC(C)N(S(=O)(=O)c2ccc(N)nc2)C1. The van der Waals surface area contributed by atoms with E-state index in [0.29, 0.717) is 18.3 Å². The van der Waals surface area contributed by atoms with E-state index < -0.39 is 10.0 Å². The van der Waals surface area contributed by atoms with Gasteiger partial charge in [0.05, 0.1) is 0 Å². The minimum absolute atomic E-state index is 0.0487. The van der Waals surface area contributed by atoms with Crippen molar-refractivity contribution in [2.24, 2.45) is 5.92 Å². The Balaban J connectivity index is 2.33. The Labute approximate surface area is 102 Å². The second-order valence-electron chi connectivity index (χ2n) is 4.68. The summed E-state index contributed by atoms with van der Waals surface area (Å²) in [7, 11) is -3.42. The second kappa shape index (κ2) is 4.27. The molecule has 1 aromatic rings. The van der Waals surface area contributed by atoms with Gasteiger partial charge in [0.2, 0.25) is 10.0 Å². The number of sulfonamides is 1. The fourth-order valence-electron chi connectivity index (χ4n) is 2.28. The number of nitrogens with zero attached hydrogens (tertiary/aromatic N) is 2. The van der Waals surface area contributed by atoms with E-state index in [0.717, 1.165) is 6.42 Å². The van der Waals surface area contributed by atoms with Gasteiger partial charge in [0, 0.05) is 18.8 Å². The lowest BCUT2D eigenvalue weighted by Crippen LogP contribution is -2.34. The summed E-state index contributed by atoms with van der Waals surface area (Å²) >= 11 is 0. The first-order valence-electron chi connectivity index (χ1n) is 5.64. The summed E-state index contributed by atoms with van der Waals surface area (Å²) < 4.78 is 26.2. The summed E-state index contributed by atoms with van der Waals surface area (Å²) in [5.41, 5.74) is 5.45. The predicted octanol–water partition coefficient (Wildman–Crippen LogP) is 1.08. The molecule has 1 aliphatic heterocycles. The molecule has 0 saturated carbocycles. The average molecular weight is 255 g/mol. The molecule has 1 saturated heterocycles. The highest BCUT2D eigenvalue weighted by Crippen LogP contribution is 2.28. The molecule has 5 nitrogen and oxygen atoms in total. The normalized spacial score (nSPS) is 26.2. The van der Waals surface area contributed by atoms with Crippen LogP contribution in [0.2, 0.25) is 0 Å². The maximum atomic E-state index is 12.3. The predicted molar refractivity (Wildman–Crippen MR) is 65.8 cm³/mol. The van der Waals surface area contributed by atoms with E-state index in [2.05, 4.69) is 11.9 Å². The van der Waals surface area contributed by atoms with Gasteiger partial charge in [0.25, 0.3) is 0 Å². The van der Waals surface area contributed by atoms with Gasteiger partial charge in [-0.25, -0.2) is 13.4 Å². The number of pyridine rings is 1. The molecule has 2 N–H and O–H groups in total. The molecular weight excluding hydrogens is 238 g/mol. The molecular formula is C11H17N3O2S. The van der Waals surface area contributed by atoms with E-state index in [-0.39, 0.29) is 10.9 Å². The van der Waals surface area contributed by atoms with Crippen molar-refractivity contribution in [1.29, 1.82) is 0 Å². The summed E-state index contributed by atoms with van der Waals surface area (Å²) in [5, 5.41) is 0. The average Bonchev–Trinajstić information content (AvgIpc) is 2.59. The van der Waals surface area contributed by atoms with Crippen molar-refractivity contribution >= 4 is 15.8 Å². The molecule has 2 rings (SSSR count).